The van der Waals surface area contributed by atoms with E-state index in [-0.39, 0.29) is 5.75 Å². The first-order chi connectivity index (χ1) is 8.92. The highest BCUT2D eigenvalue weighted by molar-refractivity contribution is 9.10. The van der Waals surface area contributed by atoms with Crippen molar-refractivity contribution in [3.63, 3.8) is 0 Å². The van der Waals surface area contributed by atoms with Gasteiger partial charge in [0.2, 0.25) is 0 Å². The van der Waals surface area contributed by atoms with Gasteiger partial charge < -0.3 is 10.1 Å². The number of halogens is 2. The number of carbonyl (C=O) groups is 2. The third-order valence-corrected chi connectivity index (χ3v) is 2.55. The first-order valence-electron chi connectivity index (χ1n) is 5.63. The van der Waals surface area contributed by atoms with E-state index in [2.05, 4.69) is 26.6 Å². The molecule has 5 nitrogen and oxygen atoms in total. The van der Waals surface area contributed by atoms with Crippen molar-refractivity contribution in [2.24, 2.45) is 0 Å². The summed E-state index contributed by atoms with van der Waals surface area (Å²) in [6, 6.07) is 3.36. The number of amides is 3. The standard InChI is InChI=1S/C12H14BrFN2O3/c1-3-15-12(18)16-11(17)7(2)19-10-5-8(13)4-9(14)6-10/h4-7H,3H2,1-2H3,(H2,15,16,17,18). The van der Waals surface area contributed by atoms with E-state index >= 15 is 0 Å². The molecule has 0 spiro atoms. The Kier molecular flexibility index (Phi) is 5.75. The molecule has 1 aromatic rings. The van der Waals surface area contributed by atoms with E-state index < -0.39 is 23.9 Å². The van der Waals surface area contributed by atoms with E-state index in [9.17, 15) is 14.0 Å². The fraction of sp³-hybridized carbons (Fsp3) is 0.333. The van der Waals surface area contributed by atoms with Crippen LogP contribution in [0.2, 0.25) is 0 Å². The fourth-order valence-corrected chi connectivity index (χ4v) is 1.72. The van der Waals surface area contributed by atoms with Crippen LogP contribution in [0, 0.1) is 5.82 Å². The molecule has 0 aliphatic carbocycles. The second-order valence-electron chi connectivity index (χ2n) is 3.71. The van der Waals surface area contributed by atoms with Gasteiger partial charge in [0.15, 0.2) is 6.10 Å². The molecular weight excluding hydrogens is 319 g/mol. The van der Waals surface area contributed by atoms with Gasteiger partial charge in [-0.25, -0.2) is 9.18 Å². The van der Waals surface area contributed by atoms with Crippen LogP contribution in [0.3, 0.4) is 0 Å². The van der Waals surface area contributed by atoms with Gasteiger partial charge in [0.25, 0.3) is 5.91 Å². The van der Waals surface area contributed by atoms with Crippen LogP contribution in [0.5, 0.6) is 5.75 Å². The van der Waals surface area contributed by atoms with Gasteiger partial charge >= 0.3 is 6.03 Å². The number of hydrogen-bond acceptors (Lipinski definition) is 3. The van der Waals surface area contributed by atoms with Crippen molar-refractivity contribution < 1.29 is 18.7 Å². The topological polar surface area (TPSA) is 67.4 Å². The van der Waals surface area contributed by atoms with E-state index in [0.717, 1.165) is 6.07 Å². The maximum atomic E-state index is 13.1. The molecule has 0 saturated heterocycles. The van der Waals surface area contributed by atoms with Crippen LogP contribution in [0.4, 0.5) is 9.18 Å². The van der Waals surface area contributed by atoms with Crippen molar-refractivity contribution in [1.29, 1.82) is 0 Å². The first-order valence-corrected chi connectivity index (χ1v) is 6.43. The Morgan fingerprint density at radius 2 is 2.11 bits per heavy atom. The average molecular weight is 333 g/mol. The number of benzene rings is 1. The van der Waals surface area contributed by atoms with Gasteiger partial charge in [0, 0.05) is 17.1 Å². The van der Waals surface area contributed by atoms with Crippen molar-refractivity contribution in [3.8, 4) is 5.75 Å². The average Bonchev–Trinajstić information content (AvgIpc) is 2.27. The number of ether oxygens (including phenoxy) is 1. The van der Waals surface area contributed by atoms with E-state index in [1.807, 2.05) is 0 Å². The number of carbonyl (C=O) groups excluding carboxylic acids is 2. The van der Waals surface area contributed by atoms with E-state index in [1.54, 1.807) is 6.92 Å². The summed E-state index contributed by atoms with van der Waals surface area (Å²) in [6.07, 6.45) is -0.920. The highest BCUT2D eigenvalue weighted by Crippen LogP contribution is 2.21. The molecule has 0 radical (unpaired) electrons. The Balaban J connectivity index is 2.60. The smallest absolute Gasteiger partial charge is 0.321 e. The van der Waals surface area contributed by atoms with Gasteiger partial charge in [-0.05, 0) is 26.0 Å². The molecule has 0 aromatic heterocycles. The lowest BCUT2D eigenvalue weighted by Gasteiger charge is -2.14. The van der Waals surface area contributed by atoms with E-state index in [0.29, 0.717) is 11.0 Å². The third kappa shape index (κ3) is 5.25. The summed E-state index contributed by atoms with van der Waals surface area (Å²) < 4.78 is 18.9. The lowest BCUT2D eigenvalue weighted by Crippen LogP contribution is -2.45. The maximum absolute atomic E-state index is 13.1. The molecule has 1 unspecified atom stereocenters. The predicted octanol–water partition coefficient (Wildman–Crippen LogP) is 2.20. The Bertz CT molecular complexity index is 462. The van der Waals surface area contributed by atoms with Crippen LogP contribution in [-0.2, 0) is 4.79 Å². The molecular formula is C12H14BrFN2O3. The minimum atomic E-state index is -0.920. The van der Waals surface area contributed by atoms with Crippen LogP contribution >= 0.6 is 15.9 Å². The van der Waals surface area contributed by atoms with Gasteiger partial charge in [-0.1, -0.05) is 15.9 Å². The highest BCUT2D eigenvalue weighted by Gasteiger charge is 2.17. The molecule has 1 aromatic carbocycles. The molecule has 1 atom stereocenters. The number of nitrogens with one attached hydrogen (secondary N) is 2. The molecule has 1 rings (SSSR count). The highest BCUT2D eigenvalue weighted by atomic mass is 79.9. The Morgan fingerprint density at radius 1 is 1.42 bits per heavy atom. The molecule has 0 heterocycles. The molecule has 0 aliphatic heterocycles. The van der Waals surface area contributed by atoms with Crippen molar-refractivity contribution in [1.82, 2.24) is 10.6 Å². The molecule has 0 aliphatic rings. The van der Waals surface area contributed by atoms with Crippen LogP contribution in [-0.4, -0.2) is 24.6 Å². The molecule has 3 amide bonds. The quantitative estimate of drug-likeness (QED) is 0.888. The Labute approximate surface area is 118 Å². The summed E-state index contributed by atoms with van der Waals surface area (Å²) in [7, 11) is 0. The van der Waals surface area contributed by atoms with Crippen LogP contribution in [0.1, 0.15) is 13.8 Å². The van der Waals surface area contributed by atoms with Gasteiger partial charge in [-0.3, -0.25) is 10.1 Å². The van der Waals surface area contributed by atoms with Gasteiger partial charge in [-0.2, -0.15) is 0 Å². The zero-order valence-electron chi connectivity index (χ0n) is 10.5. The maximum Gasteiger partial charge on any atom is 0.321 e. The zero-order valence-corrected chi connectivity index (χ0v) is 12.1. The first kappa shape index (κ1) is 15.4. The second-order valence-corrected chi connectivity index (χ2v) is 4.63. The largest absolute Gasteiger partial charge is 0.481 e. The van der Waals surface area contributed by atoms with Crippen molar-refractivity contribution in [2.45, 2.75) is 20.0 Å². The lowest BCUT2D eigenvalue weighted by molar-refractivity contribution is -0.126. The van der Waals surface area contributed by atoms with Crippen molar-refractivity contribution in [3.05, 3.63) is 28.5 Å². The number of imide groups is 1. The number of hydrogen-bond donors (Lipinski definition) is 2. The number of rotatable bonds is 4. The molecule has 19 heavy (non-hydrogen) atoms. The van der Waals surface area contributed by atoms with Crippen molar-refractivity contribution in [2.75, 3.05) is 6.54 Å². The SMILES string of the molecule is CCNC(=O)NC(=O)C(C)Oc1cc(F)cc(Br)c1. The van der Waals surface area contributed by atoms with Crippen LogP contribution < -0.4 is 15.4 Å². The second kappa shape index (κ2) is 7.08. The lowest BCUT2D eigenvalue weighted by atomic mass is 10.3. The minimum Gasteiger partial charge on any atom is -0.481 e. The van der Waals surface area contributed by atoms with E-state index in [1.165, 1.54) is 19.1 Å². The third-order valence-electron chi connectivity index (χ3n) is 2.09. The summed E-state index contributed by atoms with van der Waals surface area (Å²) >= 11 is 3.12. The monoisotopic (exact) mass is 332 g/mol. The fourth-order valence-electron chi connectivity index (χ4n) is 1.27. The molecule has 2 N–H and O–H groups in total. The normalized spacial score (nSPS) is 11.6. The zero-order chi connectivity index (χ0) is 14.4. The van der Waals surface area contributed by atoms with Crippen LogP contribution in [0.25, 0.3) is 0 Å². The van der Waals surface area contributed by atoms with Crippen molar-refractivity contribution >= 4 is 27.9 Å². The Morgan fingerprint density at radius 3 is 2.68 bits per heavy atom. The molecule has 0 saturated carbocycles. The summed E-state index contributed by atoms with van der Waals surface area (Å²) in [5.74, 6) is -0.891. The molecule has 0 bridgehead atoms. The molecule has 0 fully saturated rings. The van der Waals surface area contributed by atoms with Gasteiger partial charge in [0.05, 0.1) is 0 Å². The minimum absolute atomic E-state index is 0.199. The predicted molar refractivity (Wildman–Crippen MR) is 71.4 cm³/mol. The molecule has 104 valence electrons. The van der Waals surface area contributed by atoms with Crippen LogP contribution in [0.15, 0.2) is 22.7 Å². The summed E-state index contributed by atoms with van der Waals surface area (Å²) in [6.45, 7) is 3.60. The summed E-state index contributed by atoms with van der Waals surface area (Å²) in [5, 5.41) is 4.53. The number of urea groups is 1. The van der Waals surface area contributed by atoms with Gasteiger partial charge in [0.1, 0.15) is 11.6 Å². The summed E-state index contributed by atoms with van der Waals surface area (Å²) in [5.41, 5.74) is 0. The van der Waals surface area contributed by atoms with Gasteiger partial charge in [-0.15, -0.1) is 0 Å². The van der Waals surface area contributed by atoms with E-state index in [4.69, 9.17) is 4.74 Å². The molecule has 7 heteroatoms. The Hall–Kier alpha value is -1.63. The summed E-state index contributed by atoms with van der Waals surface area (Å²) in [4.78, 5) is 22.8.